The van der Waals surface area contributed by atoms with Crippen molar-refractivity contribution in [3.63, 3.8) is 0 Å². The van der Waals surface area contributed by atoms with Gasteiger partial charge in [0.15, 0.2) is 11.6 Å². The van der Waals surface area contributed by atoms with Crippen LogP contribution in [0, 0.1) is 17.5 Å². The standard InChI is InChI=1S/C12H8F3N/c13-8-3-1-7(2-4-8)9-5-10(14)11(15)6-12(9)16/h1-6H,16H2. The quantitative estimate of drug-likeness (QED) is 0.737. The lowest BCUT2D eigenvalue weighted by atomic mass is 10.0. The van der Waals surface area contributed by atoms with Crippen molar-refractivity contribution in [2.45, 2.75) is 0 Å². The van der Waals surface area contributed by atoms with E-state index in [4.69, 9.17) is 5.73 Å². The minimum absolute atomic E-state index is 0.116. The normalized spacial score (nSPS) is 10.4. The summed E-state index contributed by atoms with van der Waals surface area (Å²) in [7, 11) is 0. The lowest BCUT2D eigenvalue weighted by molar-refractivity contribution is 0.509. The van der Waals surface area contributed by atoms with Crippen LogP contribution in [0.1, 0.15) is 0 Å². The number of nitrogens with two attached hydrogens (primary N) is 1. The molecule has 82 valence electrons. The first kappa shape index (κ1) is 10.5. The van der Waals surface area contributed by atoms with Gasteiger partial charge in [-0.25, -0.2) is 13.2 Å². The van der Waals surface area contributed by atoms with Gasteiger partial charge in [0.1, 0.15) is 5.82 Å². The third kappa shape index (κ3) is 1.86. The van der Waals surface area contributed by atoms with Crippen LogP contribution in [0.5, 0.6) is 0 Å². The maximum Gasteiger partial charge on any atom is 0.160 e. The van der Waals surface area contributed by atoms with Crippen LogP contribution in [0.15, 0.2) is 36.4 Å². The maximum atomic E-state index is 13.0. The first-order chi connectivity index (χ1) is 7.58. The molecule has 2 N–H and O–H groups in total. The van der Waals surface area contributed by atoms with Crippen LogP contribution in [0.2, 0.25) is 0 Å². The van der Waals surface area contributed by atoms with Gasteiger partial charge >= 0.3 is 0 Å². The summed E-state index contributed by atoms with van der Waals surface area (Å²) in [5.74, 6) is -2.37. The molecule has 1 nitrogen and oxygen atoms in total. The molecule has 2 aromatic rings. The third-order valence-corrected chi connectivity index (χ3v) is 2.25. The van der Waals surface area contributed by atoms with Crippen LogP contribution >= 0.6 is 0 Å². The fraction of sp³-hybridized carbons (Fsp3) is 0. The fourth-order valence-electron chi connectivity index (χ4n) is 1.44. The number of rotatable bonds is 1. The first-order valence-electron chi connectivity index (χ1n) is 4.58. The SMILES string of the molecule is Nc1cc(F)c(F)cc1-c1ccc(F)cc1. The van der Waals surface area contributed by atoms with Gasteiger partial charge in [0.2, 0.25) is 0 Å². The molecule has 2 aromatic carbocycles. The summed E-state index contributed by atoms with van der Waals surface area (Å²) in [6.45, 7) is 0. The Kier molecular flexibility index (Phi) is 2.56. The van der Waals surface area contributed by atoms with Crippen molar-refractivity contribution in [3.8, 4) is 11.1 Å². The molecule has 2 rings (SSSR count). The predicted octanol–water partition coefficient (Wildman–Crippen LogP) is 3.35. The van der Waals surface area contributed by atoms with Crippen LogP contribution < -0.4 is 5.73 Å². The van der Waals surface area contributed by atoms with E-state index in [1.807, 2.05) is 0 Å². The van der Waals surface area contributed by atoms with Crippen molar-refractivity contribution < 1.29 is 13.2 Å². The Hall–Kier alpha value is -1.97. The van der Waals surface area contributed by atoms with Crippen LogP contribution in [-0.2, 0) is 0 Å². The predicted molar refractivity (Wildman–Crippen MR) is 56.2 cm³/mol. The molecule has 0 saturated heterocycles. The number of hydrogen-bond donors (Lipinski definition) is 1. The number of halogens is 3. The molecular formula is C12H8F3N. The monoisotopic (exact) mass is 223 g/mol. The Bertz CT molecular complexity index is 521. The molecular weight excluding hydrogens is 215 g/mol. The lowest BCUT2D eigenvalue weighted by Crippen LogP contribution is -1.94. The van der Waals surface area contributed by atoms with E-state index in [2.05, 4.69) is 0 Å². The molecule has 0 saturated carbocycles. The molecule has 16 heavy (non-hydrogen) atoms. The zero-order chi connectivity index (χ0) is 11.7. The number of nitrogen functional groups attached to an aromatic ring is 1. The first-order valence-corrected chi connectivity index (χ1v) is 4.58. The van der Waals surface area contributed by atoms with Crippen molar-refractivity contribution in [1.29, 1.82) is 0 Å². The van der Waals surface area contributed by atoms with Gasteiger partial charge in [-0.2, -0.15) is 0 Å². The Balaban J connectivity index is 2.56. The van der Waals surface area contributed by atoms with Gasteiger partial charge in [-0.3, -0.25) is 0 Å². The van der Waals surface area contributed by atoms with E-state index in [9.17, 15) is 13.2 Å². The highest BCUT2D eigenvalue weighted by Crippen LogP contribution is 2.28. The van der Waals surface area contributed by atoms with E-state index in [0.29, 0.717) is 11.1 Å². The highest BCUT2D eigenvalue weighted by atomic mass is 19.2. The summed E-state index contributed by atoms with van der Waals surface area (Å²) in [6, 6.07) is 7.29. The van der Waals surface area contributed by atoms with Gasteiger partial charge in [0, 0.05) is 17.3 Å². The van der Waals surface area contributed by atoms with Gasteiger partial charge in [0.05, 0.1) is 0 Å². The average molecular weight is 223 g/mol. The maximum absolute atomic E-state index is 13.0. The van der Waals surface area contributed by atoms with Crippen LogP contribution in [0.25, 0.3) is 11.1 Å². The van der Waals surface area contributed by atoms with Crippen molar-refractivity contribution in [2.24, 2.45) is 0 Å². The molecule has 0 aliphatic carbocycles. The second kappa shape index (κ2) is 3.89. The molecule has 0 amide bonds. The van der Waals surface area contributed by atoms with E-state index >= 15 is 0 Å². The number of benzene rings is 2. The summed E-state index contributed by atoms with van der Waals surface area (Å²) in [5.41, 5.74) is 6.56. The van der Waals surface area contributed by atoms with E-state index in [1.54, 1.807) is 0 Å². The molecule has 0 fully saturated rings. The number of hydrogen-bond acceptors (Lipinski definition) is 1. The molecule has 0 heterocycles. The Morgan fingerprint density at radius 2 is 1.38 bits per heavy atom. The van der Waals surface area contributed by atoms with Crippen molar-refractivity contribution in [2.75, 3.05) is 5.73 Å². The summed E-state index contributed by atoms with van der Waals surface area (Å²) in [5, 5.41) is 0. The summed E-state index contributed by atoms with van der Waals surface area (Å²) in [4.78, 5) is 0. The molecule has 4 heteroatoms. The highest BCUT2D eigenvalue weighted by Gasteiger charge is 2.09. The third-order valence-electron chi connectivity index (χ3n) is 2.25. The van der Waals surface area contributed by atoms with Crippen LogP contribution in [0.4, 0.5) is 18.9 Å². The molecule has 0 aliphatic rings. The lowest BCUT2D eigenvalue weighted by Gasteiger charge is -2.06. The molecule has 0 atom stereocenters. The molecule has 0 bridgehead atoms. The molecule has 0 spiro atoms. The van der Waals surface area contributed by atoms with Crippen molar-refractivity contribution >= 4 is 5.69 Å². The van der Waals surface area contributed by atoms with Crippen molar-refractivity contribution in [3.05, 3.63) is 53.8 Å². The smallest absolute Gasteiger partial charge is 0.160 e. The molecule has 0 aliphatic heterocycles. The minimum Gasteiger partial charge on any atom is -0.398 e. The number of anilines is 1. The molecule has 0 aromatic heterocycles. The van der Waals surface area contributed by atoms with E-state index in [0.717, 1.165) is 12.1 Å². The highest BCUT2D eigenvalue weighted by molar-refractivity contribution is 5.76. The van der Waals surface area contributed by atoms with Gasteiger partial charge in [0.25, 0.3) is 0 Å². The zero-order valence-corrected chi connectivity index (χ0v) is 8.18. The summed E-state index contributed by atoms with van der Waals surface area (Å²) >= 11 is 0. The van der Waals surface area contributed by atoms with E-state index in [-0.39, 0.29) is 5.69 Å². The summed E-state index contributed by atoms with van der Waals surface area (Å²) < 4.78 is 38.5. The Morgan fingerprint density at radius 1 is 0.812 bits per heavy atom. The van der Waals surface area contributed by atoms with E-state index < -0.39 is 17.5 Å². The Labute approximate surface area is 90.3 Å². The fourth-order valence-corrected chi connectivity index (χ4v) is 1.44. The topological polar surface area (TPSA) is 26.0 Å². The largest absolute Gasteiger partial charge is 0.398 e. The molecule has 0 unspecified atom stereocenters. The minimum atomic E-state index is -0.997. The van der Waals surface area contributed by atoms with Crippen molar-refractivity contribution in [1.82, 2.24) is 0 Å². The second-order valence-electron chi connectivity index (χ2n) is 3.36. The van der Waals surface area contributed by atoms with E-state index in [1.165, 1.54) is 24.3 Å². The second-order valence-corrected chi connectivity index (χ2v) is 3.36. The molecule has 0 radical (unpaired) electrons. The Morgan fingerprint density at radius 3 is 2.00 bits per heavy atom. The van der Waals surface area contributed by atoms with Crippen LogP contribution in [-0.4, -0.2) is 0 Å². The zero-order valence-electron chi connectivity index (χ0n) is 8.18. The van der Waals surface area contributed by atoms with Gasteiger partial charge < -0.3 is 5.73 Å². The van der Waals surface area contributed by atoms with Gasteiger partial charge in [-0.15, -0.1) is 0 Å². The average Bonchev–Trinajstić information content (AvgIpc) is 2.25. The summed E-state index contributed by atoms with van der Waals surface area (Å²) in [6.07, 6.45) is 0. The van der Waals surface area contributed by atoms with Crippen LogP contribution in [0.3, 0.4) is 0 Å². The van der Waals surface area contributed by atoms with Gasteiger partial charge in [-0.05, 0) is 23.8 Å². The van der Waals surface area contributed by atoms with Gasteiger partial charge in [-0.1, -0.05) is 12.1 Å².